The Balaban J connectivity index is 1.80. The van der Waals surface area contributed by atoms with E-state index in [0.717, 1.165) is 12.0 Å². The fourth-order valence-electron chi connectivity index (χ4n) is 3.40. The lowest BCUT2D eigenvalue weighted by atomic mass is 10.1. The monoisotopic (exact) mass is 394 g/mol. The molecule has 3 amide bonds. The van der Waals surface area contributed by atoms with Gasteiger partial charge in [0, 0.05) is 13.0 Å². The van der Waals surface area contributed by atoms with Gasteiger partial charge in [-0.2, -0.15) is 0 Å². The van der Waals surface area contributed by atoms with Crippen molar-refractivity contribution < 1.29 is 19.1 Å². The van der Waals surface area contributed by atoms with Gasteiger partial charge >= 0.3 is 0 Å². The average molecular weight is 394 g/mol. The van der Waals surface area contributed by atoms with E-state index >= 15 is 0 Å². The second-order valence-corrected chi connectivity index (χ2v) is 6.99. The van der Waals surface area contributed by atoms with Crippen LogP contribution in [0.5, 0.6) is 5.75 Å². The number of rotatable bonds is 8. The molecule has 1 heterocycles. The molecule has 1 saturated heterocycles. The van der Waals surface area contributed by atoms with Gasteiger partial charge in [0.1, 0.15) is 11.8 Å². The maximum Gasteiger partial charge on any atom is 0.257 e. The van der Waals surface area contributed by atoms with Crippen LogP contribution in [0.1, 0.15) is 38.7 Å². The van der Waals surface area contributed by atoms with Crippen LogP contribution in [-0.2, 0) is 20.9 Å². The molecule has 0 aromatic heterocycles. The highest BCUT2D eigenvalue weighted by Gasteiger charge is 2.44. The van der Waals surface area contributed by atoms with Crippen LogP contribution in [0.25, 0.3) is 0 Å². The first kappa shape index (κ1) is 20.6. The summed E-state index contributed by atoms with van der Waals surface area (Å²) >= 11 is 0. The molecular formula is C23H26N2O4. The highest BCUT2D eigenvalue weighted by atomic mass is 16.5. The maximum atomic E-state index is 13.1. The Hall–Kier alpha value is -3.15. The minimum atomic E-state index is -0.786. The number of amides is 3. The minimum absolute atomic E-state index is 0.00844. The second kappa shape index (κ2) is 9.37. The highest BCUT2D eigenvalue weighted by molar-refractivity contribution is 6.23. The number of hydrogen-bond acceptors (Lipinski definition) is 4. The van der Waals surface area contributed by atoms with Gasteiger partial charge in [0.25, 0.3) is 5.91 Å². The summed E-state index contributed by atoms with van der Waals surface area (Å²) in [5.41, 5.74) is 1.42. The lowest BCUT2D eigenvalue weighted by molar-refractivity contribution is -0.138. The third kappa shape index (κ3) is 4.65. The normalized spacial score (nSPS) is 16.2. The van der Waals surface area contributed by atoms with Gasteiger partial charge in [0.2, 0.25) is 11.8 Å². The van der Waals surface area contributed by atoms with Crippen LogP contribution < -0.4 is 9.64 Å². The summed E-state index contributed by atoms with van der Waals surface area (Å²) in [6.45, 7) is 4.69. The first-order valence-corrected chi connectivity index (χ1v) is 9.98. The van der Waals surface area contributed by atoms with Gasteiger partial charge in [-0.3, -0.25) is 14.4 Å². The quantitative estimate of drug-likeness (QED) is 0.642. The van der Waals surface area contributed by atoms with Crippen LogP contribution >= 0.6 is 0 Å². The van der Waals surface area contributed by atoms with Crippen LogP contribution in [-0.4, -0.2) is 35.3 Å². The van der Waals surface area contributed by atoms with Gasteiger partial charge in [-0.25, -0.2) is 4.90 Å². The number of benzene rings is 2. The van der Waals surface area contributed by atoms with Crippen molar-refractivity contribution in [3.8, 4) is 5.75 Å². The zero-order valence-electron chi connectivity index (χ0n) is 16.8. The predicted molar refractivity (Wildman–Crippen MR) is 110 cm³/mol. The number of carbonyl (C=O) groups is 3. The summed E-state index contributed by atoms with van der Waals surface area (Å²) in [6, 6.07) is 15.6. The van der Waals surface area contributed by atoms with Gasteiger partial charge in [-0.1, -0.05) is 44.2 Å². The van der Waals surface area contributed by atoms with E-state index in [9.17, 15) is 14.4 Å². The molecule has 0 radical (unpaired) electrons. The van der Waals surface area contributed by atoms with Crippen molar-refractivity contribution in [3.05, 3.63) is 60.2 Å². The van der Waals surface area contributed by atoms with E-state index in [4.69, 9.17) is 4.74 Å². The number of anilines is 1. The molecule has 1 aliphatic rings. The molecule has 2 aromatic carbocycles. The Morgan fingerprint density at radius 1 is 1.07 bits per heavy atom. The molecule has 0 bridgehead atoms. The Bertz CT molecular complexity index is 864. The first-order chi connectivity index (χ1) is 14.0. The largest absolute Gasteiger partial charge is 0.494 e. The van der Waals surface area contributed by atoms with E-state index in [1.807, 2.05) is 37.3 Å². The topological polar surface area (TPSA) is 66.9 Å². The molecule has 3 rings (SSSR count). The molecule has 0 saturated carbocycles. The van der Waals surface area contributed by atoms with Crippen molar-refractivity contribution in [2.75, 3.05) is 11.5 Å². The summed E-state index contributed by atoms with van der Waals surface area (Å²) < 4.78 is 5.56. The number of carbonyl (C=O) groups excluding carboxylic acids is 3. The fourth-order valence-corrected chi connectivity index (χ4v) is 3.40. The Morgan fingerprint density at radius 3 is 2.38 bits per heavy atom. The summed E-state index contributed by atoms with van der Waals surface area (Å²) in [4.78, 5) is 41.0. The molecule has 6 nitrogen and oxygen atoms in total. The van der Waals surface area contributed by atoms with Gasteiger partial charge in [0.05, 0.1) is 18.7 Å². The zero-order chi connectivity index (χ0) is 20.8. The smallest absolute Gasteiger partial charge is 0.257 e. The maximum absolute atomic E-state index is 13.1. The Kier molecular flexibility index (Phi) is 6.65. The van der Waals surface area contributed by atoms with Crippen LogP contribution in [0.3, 0.4) is 0 Å². The van der Waals surface area contributed by atoms with E-state index in [2.05, 4.69) is 0 Å². The van der Waals surface area contributed by atoms with Gasteiger partial charge in [-0.15, -0.1) is 0 Å². The van der Waals surface area contributed by atoms with Crippen molar-refractivity contribution in [2.45, 2.75) is 45.7 Å². The fraction of sp³-hybridized carbons (Fsp3) is 0.348. The van der Waals surface area contributed by atoms with Crippen LogP contribution in [0.15, 0.2) is 54.6 Å². The molecule has 1 aliphatic heterocycles. The summed E-state index contributed by atoms with van der Waals surface area (Å²) in [5.74, 6) is -0.123. The number of ether oxygens (including phenoxy) is 1. The van der Waals surface area contributed by atoms with E-state index in [0.29, 0.717) is 24.6 Å². The molecule has 0 spiro atoms. The van der Waals surface area contributed by atoms with Crippen molar-refractivity contribution in [1.82, 2.24) is 4.90 Å². The molecule has 1 fully saturated rings. The van der Waals surface area contributed by atoms with Crippen molar-refractivity contribution in [1.29, 1.82) is 0 Å². The molecular weight excluding hydrogens is 368 g/mol. The molecule has 0 unspecified atom stereocenters. The van der Waals surface area contributed by atoms with E-state index < -0.39 is 6.04 Å². The molecule has 29 heavy (non-hydrogen) atoms. The standard InChI is InChI=1S/C23H26N2O4/c1-3-14-29-19-12-10-18(11-13-19)25-22(27)15-20(23(25)28)24(21(26)4-2)16-17-8-6-5-7-9-17/h5-13,20H,3-4,14-16H2,1-2H3/t20-/m1/s1. The van der Waals surface area contributed by atoms with Crippen molar-refractivity contribution in [3.63, 3.8) is 0 Å². The van der Waals surface area contributed by atoms with Crippen molar-refractivity contribution >= 4 is 23.4 Å². The molecule has 0 N–H and O–H groups in total. The third-order valence-corrected chi connectivity index (χ3v) is 4.89. The van der Waals surface area contributed by atoms with Gasteiger partial charge < -0.3 is 9.64 Å². The van der Waals surface area contributed by atoms with Crippen LogP contribution in [0, 0.1) is 0 Å². The molecule has 2 aromatic rings. The minimum Gasteiger partial charge on any atom is -0.494 e. The summed E-state index contributed by atoms with van der Waals surface area (Å²) in [7, 11) is 0. The SMILES string of the molecule is CCCOc1ccc(N2C(=O)C[C@@H](N(Cc3ccccc3)C(=O)CC)C2=O)cc1. The highest BCUT2D eigenvalue weighted by Crippen LogP contribution is 2.28. The van der Waals surface area contributed by atoms with Gasteiger partial charge in [-0.05, 0) is 36.2 Å². The Labute approximate surface area is 171 Å². The van der Waals surface area contributed by atoms with Gasteiger partial charge in [0.15, 0.2) is 0 Å². The average Bonchev–Trinajstić information content (AvgIpc) is 3.04. The first-order valence-electron chi connectivity index (χ1n) is 9.98. The lowest BCUT2D eigenvalue weighted by Crippen LogP contribution is -2.44. The molecule has 0 aliphatic carbocycles. The second-order valence-electron chi connectivity index (χ2n) is 6.99. The van der Waals surface area contributed by atoms with E-state index in [-0.39, 0.29) is 30.6 Å². The van der Waals surface area contributed by atoms with Crippen LogP contribution in [0.2, 0.25) is 0 Å². The predicted octanol–water partition coefficient (Wildman–Crippen LogP) is 3.55. The third-order valence-electron chi connectivity index (χ3n) is 4.89. The number of hydrogen-bond donors (Lipinski definition) is 0. The van der Waals surface area contributed by atoms with E-state index in [1.54, 1.807) is 31.2 Å². The number of imide groups is 1. The lowest BCUT2D eigenvalue weighted by Gasteiger charge is -2.27. The van der Waals surface area contributed by atoms with Crippen LogP contribution in [0.4, 0.5) is 5.69 Å². The molecule has 1 atom stereocenters. The molecule has 152 valence electrons. The summed E-state index contributed by atoms with van der Waals surface area (Å²) in [5, 5.41) is 0. The number of nitrogens with zero attached hydrogens (tertiary/aromatic N) is 2. The Morgan fingerprint density at radius 2 is 1.76 bits per heavy atom. The zero-order valence-corrected chi connectivity index (χ0v) is 16.8. The molecule has 6 heteroatoms. The van der Waals surface area contributed by atoms with E-state index in [1.165, 1.54) is 9.80 Å². The summed E-state index contributed by atoms with van der Waals surface area (Å²) in [6.07, 6.45) is 1.16. The van der Waals surface area contributed by atoms with Crippen molar-refractivity contribution in [2.24, 2.45) is 0 Å².